The van der Waals surface area contributed by atoms with E-state index in [1.165, 1.54) is 5.56 Å². The molecule has 7 nitrogen and oxygen atoms in total. The summed E-state index contributed by atoms with van der Waals surface area (Å²) in [5.41, 5.74) is 3.00. The van der Waals surface area contributed by atoms with Crippen LogP contribution in [-0.4, -0.2) is 52.9 Å². The number of fused-ring (bicyclic) bond motifs is 3. The number of sulfone groups is 1. The zero-order chi connectivity index (χ0) is 20.4. The maximum Gasteiger partial charge on any atom is 0.167 e. The average Bonchev–Trinajstić information content (AvgIpc) is 3.18. The lowest BCUT2D eigenvalue weighted by molar-refractivity contribution is 0.222. The first-order valence-electron chi connectivity index (χ1n) is 9.67. The van der Waals surface area contributed by atoms with Crippen LogP contribution < -0.4 is 0 Å². The van der Waals surface area contributed by atoms with E-state index in [2.05, 4.69) is 32.8 Å². The molecule has 1 aliphatic heterocycles. The van der Waals surface area contributed by atoms with Gasteiger partial charge in [0.15, 0.2) is 9.84 Å². The molecule has 0 spiro atoms. The molecule has 1 fully saturated rings. The number of nitrogens with zero attached hydrogens (tertiary/aromatic N) is 4. The first kappa shape index (κ1) is 19.4. The highest BCUT2D eigenvalue weighted by atomic mass is 32.2. The molecule has 4 rings (SSSR count). The van der Waals surface area contributed by atoms with E-state index in [1.807, 2.05) is 30.9 Å². The minimum Gasteiger partial charge on any atom is -0.377 e. The molecular formula is C21H23N5O2S. The van der Waals surface area contributed by atoms with Gasteiger partial charge < -0.3 is 9.88 Å². The van der Waals surface area contributed by atoms with Crippen molar-refractivity contribution in [3.8, 4) is 6.07 Å². The van der Waals surface area contributed by atoms with Crippen LogP contribution in [0, 0.1) is 17.2 Å². The van der Waals surface area contributed by atoms with Gasteiger partial charge in [-0.2, -0.15) is 5.26 Å². The third kappa shape index (κ3) is 3.96. The molecule has 2 atom stereocenters. The fourth-order valence-electron chi connectivity index (χ4n) is 4.12. The van der Waals surface area contributed by atoms with E-state index >= 15 is 0 Å². The Hall–Kier alpha value is -2.92. The number of hydrogen-bond donors (Lipinski definition) is 1. The van der Waals surface area contributed by atoms with Gasteiger partial charge in [0, 0.05) is 42.2 Å². The number of nitriles is 1. The number of rotatable bonds is 5. The summed E-state index contributed by atoms with van der Waals surface area (Å²) < 4.78 is 23.5. The number of aromatic amines is 1. The number of H-pyrrole nitrogens is 1. The van der Waals surface area contributed by atoms with Crippen LogP contribution in [0.15, 0.2) is 43.0 Å². The van der Waals surface area contributed by atoms with Crippen molar-refractivity contribution in [2.24, 2.45) is 5.92 Å². The number of nitrogens with one attached hydrogen (secondary N) is 1. The molecule has 0 aromatic carbocycles. The van der Waals surface area contributed by atoms with Gasteiger partial charge in [-0.3, -0.25) is 4.98 Å². The monoisotopic (exact) mass is 409 g/mol. The van der Waals surface area contributed by atoms with Crippen LogP contribution in [-0.2, 0) is 9.84 Å². The molecule has 0 aliphatic carbocycles. The second-order valence-electron chi connectivity index (χ2n) is 7.62. The topological polar surface area (TPSA) is 103 Å². The molecular weight excluding hydrogens is 386 g/mol. The summed E-state index contributed by atoms with van der Waals surface area (Å²) in [6.45, 7) is 3.96. The quantitative estimate of drug-likeness (QED) is 0.695. The standard InChI is InChI=1S/C21H23N5O2S/c1-15-5-10-26(9-2-11-29(27,28)12-6-22)14-18(15)16-3-7-23-19-13-25-21-17(20(16)19)4-8-24-21/h2-4,7-9,13,15,18H,5,10-12,14H2,1H3,(H,24,25). The van der Waals surface area contributed by atoms with Gasteiger partial charge >= 0.3 is 0 Å². The van der Waals surface area contributed by atoms with Gasteiger partial charge in [0.25, 0.3) is 0 Å². The molecule has 0 saturated carbocycles. The molecule has 0 bridgehead atoms. The molecule has 4 heterocycles. The molecule has 29 heavy (non-hydrogen) atoms. The number of piperidine rings is 1. The Kier molecular flexibility index (Phi) is 5.24. The van der Waals surface area contributed by atoms with E-state index in [0.29, 0.717) is 11.8 Å². The third-order valence-corrected chi connectivity index (χ3v) is 6.93. The van der Waals surface area contributed by atoms with E-state index in [9.17, 15) is 8.42 Å². The molecule has 150 valence electrons. The van der Waals surface area contributed by atoms with E-state index in [4.69, 9.17) is 5.26 Å². The fraction of sp³-hybridized carbons (Fsp3) is 0.381. The Balaban J connectivity index is 1.63. The van der Waals surface area contributed by atoms with Gasteiger partial charge in [0.2, 0.25) is 0 Å². The molecule has 2 unspecified atom stereocenters. The first-order valence-corrected chi connectivity index (χ1v) is 11.5. The van der Waals surface area contributed by atoms with E-state index in [-0.39, 0.29) is 5.75 Å². The second-order valence-corrected chi connectivity index (χ2v) is 9.73. The number of hydrogen-bond acceptors (Lipinski definition) is 6. The molecule has 3 aromatic rings. The average molecular weight is 410 g/mol. The molecule has 3 aromatic heterocycles. The van der Waals surface area contributed by atoms with E-state index in [0.717, 1.165) is 41.4 Å². The summed E-state index contributed by atoms with van der Waals surface area (Å²) in [7, 11) is -3.35. The largest absolute Gasteiger partial charge is 0.377 e. The zero-order valence-electron chi connectivity index (χ0n) is 16.2. The van der Waals surface area contributed by atoms with Gasteiger partial charge in [-0.15, -0.1) is 0 Å². The van der Waals surface area contributed by atoms with E-state index in [1.54, 1.807) is 12.1 Å². The Morgan fingerprint density at radius 2 is 2.24 bits per heavy atom. The third-order valence-electron chi connectivity index (χ3n) is 5.66. The Morgan fingerprint density at radius 1 is 1.38 bits per heavy atom. The first-order chi connectivity index (χ1) is 14.0. The molecule has 8 heteroatoms. The van der Waals surface area contributed by atoms with Gasteiger partial charge in [-0.25, -0.2) is 13.4 Å². The highest BCUT2D eigenvalue weighted by Gasteiger charge is 2.28. The Labute approximate surface area is 170 Å². The van der Waals surface area contributed by atoms with Crippen molar-refractivity contribution < 1.29 is 8.42 Å². The van der Waals surface area contributed by atoms with Gasteiger partial charge in [-0.05, 0) is 36.2 Å². The van der Waals surface area contributed by atoms with E-state index < -0.39 is 15.6 Å². The van der Waals surface area contributed by atoms with Crippen molar-refractivity contribution in [2.75, 3.05) is 24.6 Å². The molecule has 0 radical (unpaired) electrons. The van der Waals surface area contributed by atoms with Crippen molar-refractivity contribution >= 4 is 31.8 Å². The molecule has 1 aliphatic rings. The maximum atomic E-state index is 11.7. The van der Waals surface area contributed by atoms with Gasteiger partial charge in [0.1, 0.15) is 11.4 Å². The lowest BCUT2D eigenvalue weighted by Crippen LogP contribution is -2.35. The number of likely N-dealkylation sites (tertiary alicyclic amines) is 1. The minimum absolute atomic E-state index is 0.106. The second kappa shape index (κ2) is 7.84. The molecule has 1 N–H and O–H groups in total. The predicted molar refractivity (Wildman–Crippen MR) is 113 cm³/mol. The van der Waals surface area contributed by atoms with Gasteiger partial charge in [-0.1, -0.05) is 13.0 Å². The maximum absolute atomic E-state index is 11.7. The summed E-state index contributed by atoms with van der Waals surface area (Å²) in [6.07, 6.45) is 10.1. The summed E-state index contributed by atoms with van der Waals surface area (Å²) in [5.74, 6) is 0.246. The number of pyridine rings is 2. The highest BCUT2D eigenvalue weighted by molar-refractivity contribution is 7.91. The lowest BCUT2D eigenvalue weighted by atomic mass is 9.80. The summed E-state index contributed by atoms with van der Waals surface area (Å²) in [4.78, 5) is 14.3. The Bertz CT molecular complexity index is 1210. The molecule has 0 amide bonds. The van der Waals surface area contributed by atoms with Crippen LogP contribution in [0.5, 0.6) is 0 Å². The smallest absolute Gasteiger partial charge is 0.167 e. The van der Waals surface area contributed by atoms with Crippen LogP contribution >= 0.6 is 0 Å². The normalized spacial score (nSPS) is 20.5. The Morgan fingerprint density at radius 3 is 3.07 bits per heavy atom. The predicted octanol–water partition coefficient (Wildman–Crippen LogP) is 2.99. The summed E-state index contributed by atoms with van der Waals surface area (Å²) in [6, 6.07) is 5.85. The van der Waals surface area contributed by atoms with Crippen molar-refractivity contribution in [1.82, 2.24) is 19.9 Å². The lowest BCUT2D eigenvalue weighted by Gasteiger charge is -2.37. The number of aromatic nitrogens is 3. The van der Waals surface area contributed by atoms with Crippen molar-refractivity contribution in [2.45, 2.75) is 19.3 Å². The van der Waals surface area contributed by atoms with Gasteiger partial charge in [0.05, 0.1) is 23.5 Å². The van der Waals surface area contributed by atoms with Crippen LogP contribution in [0.3, 0.4) is 0 Å². The van der Waals surface area contributed by atoms with Crippen LogP contribution in [0.4, 0.5) is 0 Å². The van der Waals surface area contributed by atoms with Crippen molar-refractivity contribution in [1.29, 1.82) is 5.26 Å². The molecule has 1 saturated heterocycles. The summed E-state index contributed by atoms with van der Waals surface area (Å²) in [5, 5.41) is 10.8. The minimum atomic E-state index is -3.35. The van der Waals surface area contributed by atoms with Crippen LogP contribution in [0.1, 0.15) is 24.8 Å². The van der Waals surface area contributed by atoms with Crippen LogP contribution in [0.2, 0.25) is 0 Å². The SMILES string of the molecule is CC1CCN(C=CCS(=O)(=O)CC#N)CC1c1ccnc2cnc3[nH]ccc3c12. The zero-order valence-corrected chi connectivity index (χ0v) is 17.1. The van der Waals surface area contributed by atoms with Crippen molar-refractivity contribution in [3.05, 3.63) is 48.6 Å². The highest BCUT2D eigenvalue weighted by Crippen LogP contribution is 2.37. The summed E-state index contributed by atoms with van der Waals surface area (Å²) >= 11 is 0. The fourth-order valence-corrected chi connectivity index (χ4v) is 4.81. The van der Waals surface area contributed by atoms with Crippen LogP contribution in [0.25, 0.3) is 21.9 Å². The van der Waals surface area contributed by atoms with Crippen molar-refractivity contribution in [3.63, 3.8) is 0 Å².